The molecule has 0 bridgehead atoms. The SMILES string of the molecule is CCC(C)(C)[C@H]1CCc2c(sc(NC(=O)c3cccnc3)c2C(=O)OC)C1. The van der Waals surface area contributed by atoms with Gasteiger partial charge in [-0.2, -0.15) is 0 Å². The van der Waals surface area contributed by atoms with Gasteiger partial charge in [0, 0.05) is 17.3 Å². The van der Waals surface area contributed by atoms with Crippen LogP contribution >= 0.6 is 11.3 Å². The second-order valence-electron chi connectivity index (χ2n) is 7.68. The molecule has 1 aliphatic carbocycles. The number of hydrogen-bond donors (Lipinski definition) is 1. The number of thiophene rings is 1. The number of carbonyl (C=O) groups excluding carboxylic acids is 2. The summed E-state index contributed by atoms with van der Waals surface area (Å²) in [5, 5.41) is 3.48. The van der Waals surface area contributed by atoms with Gasteiger partial charge in [0.05, 0.1) is 18.2 Å². The number of pyridine rings is 1. The fourth-order valence-electron chi connectivity index (χ4n) is 3.62. The molecule has 0 aliphatic heterocycles. The number of nitrogens with zero attached hydrogens (tertiary/aromatic N) is 1. The quantitative estimate of drug-likeness (QED) is 0.755. The molecule has 0 saturated carbocycles. The van der Waals surface area contributed by atoms with Crippen molar-refractivity contribution in [1.29, 1.82) is 0 Å². The molecule has 1 aliphatic rings. The number of esters is 1. The van der Waals surface area contributed by atoms with E-state index in [0.717, 1.165) is 31.2 Å². The summed E-state index contributed by atoms with van der Waals surface area (Å²) in [6.45, 7) is 6.84. The van der Waals surface area contributed by atoms with Crippen LogP contribution in [0.4, 0.5) is 5.00 Å². The van der Waals surface area contributed by atoms with E-state index in [-0.39, 0.29) is 17.3 Å². The molecule has 0 saturated heterocycles. The lowest BCUT2D eigenvalue weighted by atomic mass is 9.69. The maximum atomic E-state index is 12.6. The van der Waals surface area contributed by atoms with Crippen molar-refractivity contribution in [3.8, 4) is 0 Å². The third-order valence-electron chi connectivity index (χ3n) is 5.82. The van der Waals surface area contributed by atoms with Gasteiger partial charge in [0.1, 0.15) is 5.00 Å². The normalized spacial score (nSPS) is 16.5. The van der Waals surface area contributed by atoms with E-state index in [4.69, 9.17) is 4.74 Å². The number of aromatic nitrogens is 1. The van der Waals surface area contributed by atoms with Crippen molar-refractivity contribution < 1.29 is 14.3 Å². The van der Waals surface area contributed by atoms with Crippen LogP contribution in [0, 0.1) is 11.3 Å². The molecule has 2 aromatic heterocycles. The van der Waals surface area contributed by atoms with Crippen LogP contribution in [0.2, 0.25) is 0 Å². The van der Waals surface area contributed by atoms with Gasteiger partial charge in [-0.25, -0.2) is 4.79 Å². The minimum absolute atomic E-state index is 0.256. The number of carbonyl (C=O) groups is 2. The summed E-state index contributed by atoms with van der Waals surface area (Å²) in [6, 6.07) is 3.42. The van der Waals surface area contributed by atoms with Gasteiger partial charge in [-0.3, -0.25) is 9.78 Å². The van der Waals surface area contributed by atoms with Gasteiger partial charge in [-0.1, -0.05) is 27.2 Å². The largest absolute Gasteiger partial charge is 0.465 e. The van der Waals surface area contributed by atoms with Crippen molar-refractivity contribution in [3.05, 3.63) is 46.1 Å². The van der Waals surface area contributed by atoms with Gasteiger partial charge in [0.25, 0.3) is 5.91 Å². The monoisotopic (exact) mass is 386 g/mol. The predicted molar refractivity (Wildman–Crippen MR) is 107 cm³/mol. The number of amides is 1. The van der Waals surface area contributed by atoms with Crippen molar-refractivity contribution in [2.75, 3.05) is 12.4 Å². The van der Waals surface area contributed by atoms with Crippen molar-refractivity contribution >= 4 is 28.2 Å². The van der Waals surface area contributed by atoms with E-state index < -0.39 is 0 Å². The summed E-state index contributed by atoms with van der Waals surface area (Å²) < 4.78 is 5.01. The lowest BCUT2D eigenvalue weighted by Crippen LogP contribution is -2.28. The predicted octanol–water partition coefficient (Wildman–Crippen LogP) is 4.72. The van der Waals surface area contributed by atoms with Crippen LogP contribution < -0.4 is 5.32 Å². The average Bonchev–Trinajstić information content (AvgIpc) is 3.04. The molecule has 6 heteroatoms. The first-order chi connectivity index (χ1) is 12.9. The molecule has 0 unspecified atom stereocenters. The minimum Gasteiger partial charge on any atom is -0.465 e. The average molecular weight is 387 g/mol. The van der Waals surface area contributed by atoms with Crippen LogP contribution in [0.5, 0.6) is 0 Å². The molecule has 0 radical (unpaired) electrons. The number of ether oxygens (including phenoxy) is 1. The zero-order valence-electron chi connectivity index (χ0n) is 16.3. The molecule has 1 atom stereocenters. The summed E-state index contributed by atoms with van der Waals surface area (Å²) in [5.41, 5.74) is 2.27. The summed E-state index contributed by atoms with van der Waals surface area (Å²) in [4.78, 5) is 30.2. The van der Waals surface area contributed by atoms with Crippen molar-refractivity contribution in [1.82, 2.24) is 4.98 Å². The fraction of sp³-hybridized carbons (Fsp3) is 0.476. The van der Waals surface area contributed by atoms with Crippen LogP contribution in [0.15, 0.2) is 24.5 Å². The Bertz CT molecular complexity index is 843. The van der Waals surface area contributed by atoms with Crippen LogP contribution in [0.3, 0.4) is 0 Å². The number of rotatable bonds is 5. The zero-order valence-corrected chi connectivity index (χ0v) is 17.1. The second-order valence-corrected chi connectivity index (χ2v) is 8.78. The molecule has 5 nitrogen and oxygen atoms in total. The maximum absolute atomic E-state index is 12.6. The number of methoxy groups -OCH3 is 1. The molecule has 0 spiro atoms. The van der Waals surface area contributed by atoms with Crippen molar-refractivity contribution in [3.63, 3.8) is 0 Å². The third-order valence-corrected chi connectivity index (χ3v) is 6.99. The molecule has 27 heavy (non-hydrogen) atoms. The van der Waals surface area contributed by atoms with Gasteiger partial charge >= 0.3 is 5.97 Å². The van der Waals surface area contributed by atoms with Crippen molar-refractivity contribution in [2.45, 2.75) is 46.5 Å². The topological polar surface area (TPSA) is 68.3 Å². The molecule has 2 aromatic rings. The second kappa shape index (κ2) is 7.80. The summed E-state index contributed by atoms with van der Waals surface area (Å²) in [5.74, 6) is -0.0829. The Kier molecular flexibility index (Phi) is 5.65. The molecule has 1 amide bonds. The van der Waals surface area contributed by atoms with Crippen molar-refractivity contribution in [2.24, 2.45) is 11.3 Å². The Morgan fingerprint density at radius 3 is 2.81 bits per heavy atom. The maximum Gasteiger partial charge on any atom is 0.341 e. The minimum atomic E-state index is -0.387. The smallest absolute Gasteiger partial charge is 0.341 e. The van der Waals surface area contributed by atoms with Crippen LogP contribution in [-0.2, 0) is 17.6 Å². The van der Waals surface area contributed by atoms with Gasteiger partial charge in [0.15, 0.2) is 0 Å². The Balaban J connectivity index is 1.93. The first-order valence-electron chi connectivity index (χ1n) is 9.31. The summed E-state index contributed by atoms with van der Waals surface area (Å²) >= 11 is 1.51. The Morgan fingerprint density at radius 2 is 2.19 bits per heavy atom. The van der Waals surface area contributed by atoms with E-state index in [0.29, 0.717) is 22.0 Å². The molecule has 3 rings (SSSR count). The Labute approximate surface area is 164 Å². The highest BCUT2D eigenvalue weighted by Gasteiger charge is 2.35. The molecule has 2 heterocycles. The molecule has 0 fully saturated rings. The molecule has 1 N–H and O–H groups in total. The molecular formula is C21H26N2O3S. The van der Waals surface area contributed by atoms with E-state index in [1.165, 1.54) is 29.5 Å². The highest BCUT2D eigenvalue weighted by atomic mass is 32.1. The number of hydrogen-bond acceptors (Lipinski definition) is 5. The highest BCUT2D eigenvalue weighted by molar-refractivity contribution is 7.17. The van der Waals surface area contributed by atoms with Gasteiger partial charge in [0.2, 0.25) is 0 Å². The molecule has 0 aromatic carbocycles. The van der Waals surface area contributed by atoms with Crippen LogP contribution in [0.25, 0.3) is 0 Å². The van der Waals surface area contributed by atoms with E-state index in [1.54, 1.807) is 18.3 Å². The lowest BCUT2D eigenvalue weighted by Gasteiger charge is -2.36. The van der Waals surface area contributed by atoms with E-state index in [1.807, 2.05) is 0 Å². The van der Waals surface area contributed by atoms with E-state index in [9.17, 15) is 9.59 Å². The van der Waals surface area contributed by atoms with Gasteiger partial charge in [-0.05, 0) is 48.3 Å². The third kappa shape index (κ3) is 3.90. The number of nitrogens with one attached hydrogen (secondary N) is 1. The number of fused-ring (bicyclic) bond motifs is 1. The Hall–Kier alpha value is -2.21. The first kappa shape index (κ1) is 19.5. The lowest BCUT2D eigenvalue weighted by molar-refractivity contribution is 0.0600. The first-order valence-corrected chi connectivity index (χ1v) is 10.1. The van der Waals surface area contributed by atoms with Crippen LogP contribution in [-0.4, -0.2) is 24.0 Å². The Morgan fingerprint density at radius 1 is 1.41 bits per heavy atom. The summed E-state index contributed by atoms with van der Waals surface area (Å²) in [6.07, 6.45) is 7.08. The number of anilines is 1. The van der Waals surface area contributed by atoms with Crippen LogP contribution in [0.1, 0.15) is 64.8 Å². The van der Waals surface area contributed by atoms with Gasteiger partial charge < -0.3 is 10.1 Å². The zero-order chi connectivity index (χ0) is 19.6. The molecular weight excluding hydrogens is 360 g/mol. The molecule has 144 valence electrons. The van der Waals surface area contributed by atoms with E-state index >= 15 is 0 Å². The fourth-order valence-corrected chi connectivity index (χ4v) is 4.93. The highest BCUT2D eigenvalue weighted by Crippen LogP contribution is 2.45. The van der Waals surface area contributed by atoms with E-state index in [2.05, 4.69) is 31.1 Å². The standard InChI is InChI=1S/C21H26N2O3S/c1-5-21(2,3)14-8-9-15-16(11-14)27-19(17(15)20(25)26-4)23-18(24)13-7-6-10-22-12-13/h6-7,10,12,14H,5,8-9,11H2,1-4H3,(H,23,24)/t14-/m0/s1. The van der Waals surface area contributed by atoms with Gasteiger partial charge in [-0.15, -0.1) is 11.3 Å². The summed E-state index contributed by atoms with van der Waals surface area (Å²) in [7, 11) is 1.38.